The van der Waals surface area contributed by atoms with Gasteiger partial charge in [-0.1, -0.05) is 39.5 Å². The van der Waals surface area contributed by atoms with Gasteiger partial charge in [0.1, 0.15) is 0 Å². The summed E-state index contributed by atoms with van der Waals surface area (Å²) < 4.78 is 0. The quantitative estimate of drug-likeness (QED) is 0.819. The Hall–Kier alpha value is -0.220. The molecule has 0 aliphatic carbocycles. The van der Waals surface area contributed by atoms with Gasteiger partial charge in [-0.3, -0.25) is 4.99 Å². The second-order valence-corrected chi connectivity index (χ2v) is 7.34. The Bertz CT molecular complexity index is 272. The zero-order chi connectivity index (χ0) is 13.1. The molecule has 4 heteroatoms. The average molecular weight is 257 g/mol. The Kier molecular flexibility index (Phi) is 5.32. The number of thioether (sulfide) groups is 1. The van der Waals surface area contributed by atoms with Gasteiger partial charge in [-0.05, 0) is 25.4 Å². The minimum absolute atomic E-state index is 0.245. The minimum Gasteiger partial charge on any atom is -0.361 e. The molecule has 0 spiro atoms. The number of rotatable bonds is 5. The molecule has 0 bridgehead atoms. The maximum Gasteiger partial charge on any atom is 0.156 e. The first-order valence-corrected chi connectivity index (χ1v) is 7.37. The van der Waals surface area contributed by atoms with Gasteiger partial charge < -0.3 is 10.2 Å². The van der Waals surface area contributed by atoms with E-state index in [2.05, 4.69) is 52.0 Å². The van der Waals surface area contributed by atoms with Crippen molar-refractivity contribution in [1.82, 2.24) is 10.2 Å². The Morgan fingerprint density at radius 2 is 2.12 bits per heavy atom. The van der Waals surface area contributed by atoms with Crippen molar-refractivity contribution in [2.75, 3.05) is 32.9 Å². The summed E-state index contributed by atoms with van der Waals surface area (Å²) in [5.74, 6) is 1.84. The molecule has 100 valence electrons. The van der Waals surface area contributed by atoms with E-state index in [0.717, 1.165) is 24.0 Å². The zero-order valence-corrected chi connectivity index (χ0v) is 12.9. The molecular weight excluding hydrogens is 230 g/mol. The molecule has 17 heavy (non-hydrogen) atoms. The summed E-state index contributed by atoms with van der Waals surface area (Å²) in [6.07, 6.45) is 0. The van der Waals surface area contributed by atoms with Gasteiger partial charge in [-0.2, -0.15) is 0 Å². The zero-order valence-electron chi connectivity index (χ0n) is 12.1. The molecule has 0 aromatic carbocycles. The van der Waals surface area contributed by atoms with Crippen LogP contribution in [0, 0.1) is 11.3 Å². The van der Waals surface area contributed by atoms with Crippen molar-refractivity contribution in [3.8, 4) is 0 Å². The highest BCUT2D eigenvalue weighted by Crippen LogP contribution is 2.21. The van der Waals surface area contributed by atoms with Gasteiger partial charge >= 0.3 is 0 Å². The number of hydrogen-bond donors (Lipinski definition) is 1. The van der Waals surface area contributed by atoms with Crippen LogP contribution in [0.5, 0.6) is 0 Å². The van der Waals surface area contributed by atoms with E-state index < -0.39 is 0 Å². The van der Waals surface area contributed by atoms with Crippen LogP contribution in [0.15, 0.2) is 4.99 Å². The van der Waals surface area contributed by atoms with Crippen LogP contribution in [0.3, 0.4) is 0 Å². The van der Waals surface area contributed by atoms with Crippen LogP contribution in [-0.4, -0.2) is 49.0 Å². The molecule has 1 saturated heterocycles. The summed E-state index contributed by atoms with van der Waals surface area (Å²) in [5, 5.41) is 4.65. The lowest BCUT2D eigenvalue weighted by molar-refractivity contribution is 0.249. The first-order chi connectivity index (χ1) is 7.80. The van der Waals surface area contributed by atoms with Crippen molar-refractivity contribution >= 4 is 16.9 Å². The summed E-state index contributed by atoms with van der Waals surface area (Å²) in [6, 6.07) is 0.593. The summed E-state index contributed by atoms with van der Waals surface area (Å²) >= 11 is 1.86. The molecule has 0 aromatic heterocycles. The van der Waals surface area contributed by atoms with Crippen molar-refractivity contribution in [3.05, 3.63) is 0 Å². The second kappa shape index (κ2) is 6.10. The Balaban J connectivity index is 2.44. The first-order valence-electron chi connectivity index (χ1n) is 6.39. The number of nitrogens with one attached hydrogen (secondary N) is 1. The molecule has 1 N–H and O–H groups in total. The molecule has 0 radical (unpaired) electrons. The highest BCUT2D eigenvalue weighted by Gasteiger charge is 2.24. The first kappa shape index (κ1) is 14.8. The summed E-state index contributed by atoms with van der Waals surface area (Å²) in [7, 11) is 4.23. The van der Waals surface area contributed by atoms with Crippen molar-refractivity contribution in [2.45, 2.75) is 33.7 Å². The monoisotopic (exact) mass is 257 g/mol. The van der Waals surface area contributed by atoms with E-state index in [1.807, 2.05) is 11.8 Å². The molecule has 1 aliphatic heterocycles. The summed E-state index contributed by atoms with van der Waals surface area (Å²) in [5.41, 5.74) is 0.245. The molecule has 1 aliphatic rings. The largest absolute Gasteiger partial charge is 0.361 e. The third-order valence-electron chi connectivity index (χ3n) is 2.91. The third kappa shape index (κ3) is 5.30. The van der Waals surface area contributed by atoms with E-state index in [0.29, 0.717) is 12.0 Å². The van der Waals surface area contributed by atoms with E-state index >= 15 is 0 Å². The number of amidine groups is 1. The molecule has 3 nitrogen and oxygen atoms in total. The van der Waals surface area contributed by atoms with Crippen molar-refractivity contribution in [2.24, 2.45) is 16.3 Å². The van der Waals surface area contributed by atoms with E-state index in [-0.39, 0.29) is 5.41 Å². The number of hydrogen-bond acceptors (Lipinski definition) is 3. The Labute approximate surface area is 110 Å². The SMILES string of the molecule is CC(C)C1CSC(=NCC(C)(C)CN(C)C)N1. The van der Waals surface area contributed by atoms with Crippen LogP contribution < -0.4 is 5.32 Å². The topological polar surface area (TPSA) is 27.6 Å². The number of aliphatic imine (C=N–C) groups is 1. The maximum absolute atomic E-state index is 4.72. The van der Waals surface area contributed by atoms with Gasteiger partial charge in [0.15, 0.2) is 5.17 Å². The second-order valence-electron chi connectivity index (χ2n) is 6.33. The standard InChI is InChI=1S/C13H27N3S/c1-10(2)11-7-17-12(15-11)14-8-13(3,4)9-16(5)6/h10-11H,7-9H2,1-6H3,(H,14,15). The van der Waals surface area contributed by atoms with Crippen molar-refractivity contribution in [3.63, 3.8) is 0 Å². The van der Waals surface area contributed by atoms with Gasteiger partial charge in [0.25, 0.3) is 0 Å². The van der Waals surface area contributed by atoms with E-state index in [4.69, 9.17) is 4.99 Å². The molecule has 1 rings (SSSR count). The Morgan fingerprint density at radius 3 is 2.59 bits per heavy atom. The third-order valence-corrected chi connectivity index (χ3v) is 3.95. The maximum atomic E-state index is 4.72. The van der Waals surface area contributed by atoms with Gasteiger partial charge in [-0.15, -0.1) is 0 Å². The fraction of sp³-hybridized carbons (Fsp3) is 0.923. The molecule has 0 saturated carbocycles. The van der Waals surface area contributed by atoms with Crippen LogP contribution >= 0.6 is 11.8 Å². The normalized spacial score (nSPS) is 23.8. The lowest BCUT2D eigenvalue weighted by Gasteiger charge is -2.26. The van der Waals surface area contributed by atoms with Crippen LogP contribution in [0.1, 0.15) is 27.7 Å². The molecule has 1 unspecified atom stereocenters. The smallest absolute Gasteiger partial charge is 0.156 e. The van der Waals surface area contributed by atoms with E-state index in [1.54, 1.807) is 0 Å². The van der Waals surface area contributed by atoms with E-state index in [9.17, 15) is 0 Å². The summed E-state index contributed by atoms with van der Waals surface area (Å²) in [4.78, 5) is 6.95. The molecular formula is C13H27N3S. The van der Waals surface area contributed by atoms with E-state index in [1.165, 1.54) is 0 Å². The molecule has 1 atom stereocenters. The number of nitrogens with zero attached hydrogens (tertiary/aromatic N) is 2. The molecule has 0 aromatic rings. The van der Waals surface area contributed by atoms with Gasteiger partial charge in [-0.25, -0.2) is 0 Å². The fourth-order valence-electron chi connectivity index (χ4n) is 2.05. The highest BCUT2D eigenvalue weighted by atomic mass is 32.2. The predicted molar refractivity (Wildman–Crippen MR) is 78.9 cm³/mol. The minimum atomic E-state index is 0.245. The molecule has 0 amide bonds. The summed E-state index contributed by atoms with van der Waals surface area (Å²) in [6.45, 7) is 11.0. The van der Waals surface area contributed by atoms with Crippen LogP contribution in [-0.2, 0) is 0 Å². The van der Waals surface area contributed by atoms with Crippen molar-refractivity contribution < 1.29 is 0 Å². The molecule has 1 heterocycles. The van der Waals surface area contributed by atoms with Crippen LogP contribution in [0.4, 0.5) is 0 Å². The van der Waals surface area contributed by atoms with Gasteiger partial charge in [0.05, 0.1) is 0 Å². The van der Waals surface area contributed by atoms with Crippen molar-refractivity contribution in [1.29, 1.82) is 0 Å². The van der Waals surface area contributed by atoms with Gasteiger partial charge in [0, 0.05) is 24.9 Å². The lowest BCUT2D eigenvalue weighted by atomic mass is 9.93. The lowest BCUT2D eigenvalue weighted by Crippen LogP contribution is -2.34. The average Bonchev–Trinajstić information content (AvgIpc) is 2.61. The molecule has 1 fully saturated rings. The Morgan fingerprint density at radius 1 is 1.47 bits per heavy atom. The fourth-order valence-corrected chi connectivity index (χ4v) is 3.25. The van der Waals surface area contributed by atoms with Gasteiger partial charge in [0.2, 0.25) is 0 Å². The van der Waals surface area contributed by atoms with Crippen LogP contribution in [0.25, 0.3) is 0 Å². The van der Waals surface area contributed by atoms with Crippen LogP contribution in [0.2, 0.25) is 0 Å². The predicted octanol–water partition coefficient (Wildman–Crippen LogP) is 2.29. The highest BCUT2D eigenvalue weighted by molar-refractivity contribution is 8.14.